The molecule has 0 radical (unpaired) electrons. The lowest BCUT2D eigenvalue weighted by Crippen LogP contribution is -2.34. The minimum atomic E-state index is 0.181. The molecule has 0 bridgehead atoms. The summed E-state index contributed by atoms with van der Waals surface area (Å²) in [6.45, 7) is 3.89. The predicted octanol–water partition coefficient (Wildman–Crippen LogP) is 1.77. The maximum Gasteiger partial charge on any atom is 0.320 e. The van der Waals surface area contributed by atoms with E-state index in [4.69, 9.17) is 0 Å². The van der Waals surface area contributed by atoms with Crippen molar-refractivity contribution in [3.05, 3.63) is 22.4 Å². The van der Waals surface area contributed by atoms with Crippen molar-refractivity contribution in [3.63, 3.8) is 0 Å². The van der Waals surface area contributed by atoms with Crippen molar-refractivity contribution < 1.29 is 4.79 Å². The summed E-state index contributed by atoms with van der Waals surface area (Å²) in [5.41, 5.74) is 0. The van der Waals surface area contributed by atoms with Crippen LogP contribution in [0.5, 0.6) is 0 Å². The molecule has 0 saturated carbocycles. The van der Waals surface area contributed by atoms with Crippen LogP contribution in [-0.4, -0.2) is 49.1 Å². The van der Waals surface area contributed by atoms with Crippen LogP contribution in [-0.2, 0) is 0 Å². The molecule has 4 nitrogen and oxygen atoms in total. The van der Waals surface area contributed by atoms with Gasteiger partial charge >= 0.3 is 6.03 Å². The molecule has 2 saturated heterocycles. The smallest absolute Gasteiger partial charge is 0.320 e. The third-order valence-corrected chi connectivity index (χ3v) is 4.92. The highest BCUT2D eigenvalue weighted by Crippen LogP contribution is 2.31. The van der Waals surface area contributed by atoms with E-state index >= 15 is 0 Å². The number of hydrogen-bond donors (Lipinski definition) is 1. The van der Waals surface area contributed by atoms with E-state index in [1.807, 2.05) is 16.8 Å². The maximum absolute atomic E-state index is 12.2. The Morgan fingerprint density at radius 3 is 3.11 bits per heavy atom. The number of rotatable bonds is 3. The van der Waals surface area contributed by atoms with E-state index in [1.54, 1.807) is 11.3 Å². The van der Waals surface area contributed by atoms with Crippen molar-refractivity contribution in [3.8, 4) is 0 Å². The molecule has 3 rings (SSSR count). The van der Waals surface area contributed by atoms with Gasteiger partial charge in [0.05, 0.1) is 6.04 Å². The third-order valence-electron chi connectivity index (χ3n) is 3.95. The molecule has 0 aliphatic carbocycles. The van der Waals surface area contributed by atoms with Crippen LogP contribution in [0.25, 0.3) is 0 Å². The average Bonchev–Trinajstić information content (AvgIpc) is 3.07. The van der Waals surface area contributed by atoms with Gasteiger partial charge < -0.3 is 15.1 Å². The molecule has 98 valence electrons. The number of nitrogens with one attached hydrogen (secondary N) is 1. The molecule has 5 heteroatoms. The van der Waals surface area contributed by atoms with E-state index in [1.165, 1.54) is 11.3 Å². The molecule has 1 aromatic heterocycles. The van der Waals surface area contributed by atoms with Crippen molar-refractivity contribution in [2.75, 3.05) is 33.2 Å². The first-order valence-electron chi connectivity index (χ1n) is 6.51. The SMILES string of the molecule is CN1C(=O)N(CC2CCNC2)CC1c1cccs1. The largest absolute Gasteiger partial charge is 0.322 e. The Balaban J connectivity index is 1.68. The second kappa shape index (κ2) is 4.90. The van der Waals surface area contributed by atoms with Crippen molar-refractivity contribution in [1.82, 2.24) is 15.1 Å². The third kappa shape index (κ3) is 2.12. The van der Waals surface area contributed by atoms with Crippen LogP contribution in [0.4, 0.5) is 4.79 Å². The summed E-state index contributed by atoms with van der Waals surface area (Å²) in [5, 5.41) is 5.44. The zero-order chi connectivity index (χ0) is 12.5. The fourth-order valence-electron chi connectivity index (χ4n) is 2.86. The quantitative estimate of drug-likeness (QED) is 0.904. The fourth-order valence-corrected chi connectivity index (χ4v) is 3.72. The standard InChI is InChI=1S/C13H19N3OS/c1-15-11(12-3-2-6-18-12)9-16(13(15)17)8-10-4-5-14-7-10/h2-3,6,10-11,14H,4-5,7-9H2,1H3. The monoisotopic (exact) mass is 265 g/mol. The summed E-state index contributed by atoms with van der Waals surface area (Å²) in [7, 11) is 1.92. The fraction of sp³-hybridized carbons (Fsp3) is 0.615. The number of likely N-dealkylation sites (N-methyl/N-ethyl adjacent to an activating group) is 1. The van der Waals surface area contributed by atoms with Gasteiger partial charge in [-0.3, -0.25) is 0 Å². The number of carbonyl (C=O) groups is 1. The van der Waals surface area contributed by atoms with E-state index in [0.717, 1.165) is 26.2 Å². The van der Waals surface area contributed by atoms with E-state index in [-0.39, 0.29) is 12.1 Å². The van der Waals surface area contributed by atoms with Crippen LogP contribution >= 0.6 is 11.3 Å². The van der Waals surface area contributed by atoms with Gasteiger partial charge in [-0.05, 0) is 36.9 Å². The van der Waals surface area contributed by atoms with Gasteiger partial charge in [0.25, 0.3) is 0 Å². The molecule has 3 heterocycles. The second-order valence-corrected chi connectivity index (χ2v) is 6.17. The van der Waals surface area contributed by atoms with E-state index in [2.05, 4.69) is 22.8 Å². The molecule has 18 heavy (non-hydrogen) atoms. The van der Waals surface area contributed by atoms with Crippen molar-refractivity contribution in [1.29, 1.82) is 0 Å². The van der Waals surface area contributed by atoms with Crippen LogP contribution in [0.3, 0.4) is 0 Å². The van der Waals surface area contributed by atoms with E-state index in [0.29, 0.717) is 5.92 Å². The normalized spacial score (nSPS) is 28.4. The Morgan fingerprint density at radius 2 is 2.44 bits per heavy atom. The average molecular weight is 265 g/mol. The van der Waals surface area contributed by atoms with Gasteiger partial charge in [0.2, 0.25) is 0 Å². The van der Waals surface area contributed by atoms with E-state index < -0.39 is 0 Å². The summed E-state index contributed by atoms with van der Waals surface area (Å²) in [5.74, 6) is 0.629. The van der Waals surface area contributed by atoms with Crippen molar-refractivity contribution in [2.45, 2.75) is 12.5 Å². The van der Waals surface area contributed by atoms with E-state index in [9.17, 15) is 4.79 Å². The molecular formula is C13H19N3OS. The van der Waals surface area contributed by atoms with Gasteiger partial charge in [-0.15, -0.1) is 11.3 Å². The minimum absolute atomic E-state index is 0.181. The number of urea groups is 1. The molecule has 2 unspecified atom stereocenters. The Bertz CT molecular complexity index is 414. The van der Waals surface area contributed by atoms with Gasteiger partial charge in [0.15, 0.2) is 0 Å². The van der Waals surface area contributed by atoms with Gasteiger partial charge in [0.1, 0.15) is 0 Å². The lowest BCUT2D eigenvalue weighted by atomic mass is 10.1. The summed E-state index contributed by atoms with van der Waals surface area (Å²) < 4.78 is 0. The maximum atomic E-state index is 12.2. The Morgan fingerprint density at radius 1 is 1.56 bits per heavy atom. The lowest BCUT2D eigenvalue weighted by Gasteiger charge is -2.19. The molecule has 2 fully saturated rings. The highest BCUT2D eigenvalue weighted by atomic mass is 32.1. The zero-order valence-corrected chi connectivity index (χ0v) is 11.4. The molecule has 0 spiro atoms. The summed E-state index contributed by atoms with van der Waals surface area (Å²) in [6, 6.07) is 4.61. The van der Waals surface area contributed by atoms with Crippen LogP contribution in [0.1, 0.15) is 17.3 Å². The Labute approximate surface area is 112 Å². The molecular weight excluding hydrogens is 246 g/mol. The van der Waals surface area contributed by atoms with Crippen LogP contribution in [0, 0.1) is 5.92 Å². The molecule has 2 aliphatic heterocycles. The number of nitrogens with zero attached hydrogens (tertiary/aromatic N) is 2. The number of thiophene rings is 1. The number of hydrogen-bond acceptors (Lipinski definition) is 3. The highest BCUT2D eigenvalue weighted by molar-refractivity contribution is 7.10. The molecule has 2 amide bonds. The first-order valence-corrected chi connectivity index (χ1v) is 7.39. The predicted molar refractivity (Wildman–Crippen MR) is 72.8 cm³/mol. The minimum Gasteiger partial charge on any atom is -0.322 e. The second-order valence-electron chi connectivity index (χ2n) is 5.19. The summed E-state index contributed by atoms with van der Waals surface area (Å²) in [6.07, 6.45) is 1.19. The highest BCUT2D eigenvalue weighted by Gasteiger charge is 2.37. The molecule has 1 aromatic rings. The summed E-state index contributed by atoms with van der Waals surface area (Å²) in [4.78, 5) is 17.4. The first kappa shape index (κ1) is 12.0. The first-order chi connectivity index (χ1) is 8.75. The van der Waals surface area contributed by atoms with Gasteiger partial charge in [-0.2, -0.15) is 0 Å². The summed E-state index contributed by atoms with van der Waals surface area (Å²) >= 11 is 1.74. The Kier molecular flexibility index (Phi) is 3.26. The molecule has 1 N–H and O–H groups in total. The van der Waals surface area contributed by atoms with Gasteiger partial charge in [-0.1, -0.05) is 6.07 Å². The molecule has 2 aliphatic rings. The topological polar surface area (TPSA) is 35.6 Å². The van der Waals surface area contributed by atoms with Crippen LogP contribution in [0.15, 0.2) is 17.5 Å². The Hall–Kier alpha value is -1.07. The van der Waals surface area contributed by atoms with Crippen molar-refractivity contribution >= 4 is 17.4 Å². The van der Waals surface area contributed by atoms with Crippen molar-refractivity contribution in [2.24, 2.45) is 5.92 Å². The molecule has 2 atom stereocenters. The number of carbonyl (C=O) groups excluding carboxylic acids is 1. The van der Waals surface area contributed by atoms with Crippen LogP contribution < -0.4 is 5.32 Å². The van der Waals surface area contributed by atoms with Gasteiger partial charge in [-0.25, -0.2) is 4.79 Å². The number of amides is 2. The van der Waals surface area contributed by atoms with Crippen LogP contribution in [0.2, 0.25) is 0 Å². The van der Waals surface area contributed by atoms with Gasteiger partial charge in [0, 0.05) is 25.0 Å². The lowest BCUT2D eigenvalue weighted by molar-refractivity contribution is 0.190. The molecule has 0 aromatic carbocycles. The zero-order valence-electron chi connectivity index (χ0n) is 10.6.